The smallest absolute Gasteiger partial charge is 0.393 e. The van der Waals surface area contributed by atoms with Crippen molar-refractivity contribution in [3.8, 4) is 0 Å². The number of nitrogens with one attached hydrogen (secondary N) is 2. The van der Waals surface area contributed by atoms with Crippen molar-refractivity contribution in [2.45, 2.75) is 68.8 Å². The second-order valence-corrected chi connectivity index (χ2v) is 12.9. The molecule has 4 rings (SSSR count). The summed E-state index contributed by atoms with van der Waals surface area (Å²) < 4.78 is 68.8. The molecule has 2 aromatic heterocycles. The number of anilines is 2. The van der Waals surface area contributed by atoms with E-state index in [4.69, 9.17) is 0 Å². The van der Waals surface area contributed by atoms with Crippen LogP contribution in [0, 0.1) is 5.41 Å². The minimum atomic E-state index is -5.22. The summed E-state index contributed by atoms with van der Waals surface area (Å²) in [5, 5.41) is 21.9. The van der Waals surface area contributed by atoms with E-state index in [9.17, 15) is 36.6 Å². The van der Waals surface area contributed by atoms with Gasteiger partial charge >= 0.3 is 6.18 Å². The highest BCUT2D eigenvalue weighted by Gasteiger charge is 2.56. The Balaban J connectivity index is 1.67. The number of carbonyl (C=O) groups excluding carboxylic acids is 1. The molecule has 1 saturated heterocycles. The van der Waals surface area contributed by atoms with Crippen molar-refractivity contribution >= 4 is 27.6 Å². The van der Waals surface area contributed by atoms with E-state index < -0.39 is 45.5 Å². The van der Waals surface area contributed by atoms with E-state index in [0.29, 0.717) is 13.1 Å². The maximum atomic E-state index is 13.7. The molecule has 1 atom stereocenters. The van der Waals surface area contributed by atoms with Gasteiger partial charge in [0.15, 0.2) is 5.03 Å². The summed E-state index contributed by atoms with van der Waals surface area (Å²) in [6.45, 7) is 4.24. The molecule has 2 aliphatic rings. The largest absolute Gasteiger partial charge is 0.425 e. The highest BCUT2D eigenvalue weighted by molar-refractivity contribution is 7.89. The Bertz CT molecular complexity index is 1350. The molecule has 14 heteroatoms. The van der Waals surface area contributed by atoms with Crippen molar-refractivity contribution in [3.05, 3.63) is 41.6 Å². The lowest BCUT2D eigenvalue weighted by Crippen LogP contribution is -2.46. The quantitative estimate of drug-likeness (QED) is 0.397. The van der Waals surface area contributed by atoms with Gasteiger partial charge in [0.25, 0.3) is 15.9 Å². The molecule has 39 heavy (non-hydrogen) atoms. The maximum absolute atomic E-state index is 13.7. The third kappa shape index (κ3) is 6.18. The van der Waals surface area contributed by atoms with E-state index in [0.717, 1.165) is 37.8 Å². The van der Waals surface area contributed by atoms with E-state index in [2.05, 4.69) is 20.0 Å². The number of aliphatic hydroxyl groups excluding tert-OH is 1. The van der Waals surface area contributed by atoms with Crippen LogP contribution in [0.3, 0.4) is 0 Å². The number of alkyl halides is 3. The van der Waals surface area contributed by atoms with Gasteiger partial charge in [-0.25, -0.2) is 23.1 Å². The minimum Gasteiger partial charge on any atom is -0.393 e. The number of halogens is 3. The number of aliphatic hydroxyl groups is 2. The SMILES string of the molecule is CC(C)(C)NS(=O)(=O)c1cccc(NC(=O)c2ccc([C@@](O)(CO)C(F)(F)F)nc2N2CCC3(CC2)CC3)n1. The molecule has 4 N–H and O–H groups in total. The number of nitrogens with zero attached hydrogens (tertiary/aromatic N) is 3. The number of piperidine rings is 1. The van der Waals surface area contributed by atoms with Crippen LogP contribution in [0.5, 0.6) is 0 Å². The van der Waals surface area contributed by atoms with Gasteiger partial charge in [-0.3, -0.25) is 4.79 Å². The van der Waals surface area contributed by atoms with Crippen molar-refractivity contribution in [1.29, 1.82) is 0 Å². The number of carbonyl (C=O) groups is 1. The average molecular weight is 572 g/mol. The van der Waals surface area contributed by atoms with Crippen LogP contribution in [-0.4, -0.2) is 65.9 Å². The monoisotopic (exact) mass is 571 g/mol. The van der Waals surface area contributed by atoms with Gasteiger partial charge in [0, 0.05) is 18.6 Å². The van der Waals surface area contributed by atoms with Crippen molar-refractivity contribution in [2.24, 2.45) is 5.41 Å². The first-order valence-electron chi connectivity index (χ1n) is 12.5. The predicted octanol–water partition coefficient (Wildman–Crippen LogP) is 2.93. The number of amides is 1. The number of hydrogen-bond acceptors (Lipinski definition) is 8. The summed E-state index contributed by atoms with van der Waals surface area (Å²) in [6.07, 6.45) is -1.49. The Labute approximate surface area is 224 Å². The first kappa shape index (κ1) is 29.2. The fraction of sp³-hybridized carbons (Fsp3) is 0.560. The van der Waals surface area contributed by atoms with Crippen LogP contribution in [0.1, 0.15) is 62.5 Å². The molecule has 0 aromatic carbocycles. The Morgan fingerprint density at radius 3 is 2.23 bits per heavy atom. The number of rotatable bonds is 7. The minimum absolute atomic E-state index is 0.0743. The zero-order chi connectivity index (χ0) is 28.9. The van der Waals surface area contributed by atoms with Gasteiger partial charge in [-0.05, 0) is 76.1 Å². The summed E-state index contributed by atoms with van der Waals surface area (Å²) >= 11 is 0. The summed E-state index contributed by atoms with van der Waals surface area (Å²) in [6, 6.07) is 5.98. The Kier molecular flexibility index (Phi) is 7.47. The maximum Gasteiger partial charge on any atom is 0.425 e. The number of aromatic nitrogens is 2. The second kappa shape index (κ2) is 9.98. The average Bonchev–Trinajstić information content (AvgIpc) is 3.60. The van der Waals surface area contributed by atoms with E-state index in [1.165, 1.54) is 18.2 Å². The van der Waals surface area contributed by atoms with E-state index in [1.54, 1.807) is 25.7 Å². The van der Waals surface area contributed by atoms with Crippen LogP contribution in [0.2, 0.25) is 0 Å². The van der Waals surface area contributed by atoms with Crippen LogP contribution in [0.4, 0.5) is 24.8 Å². The van der Waals surface area contributed by atoms with Gasteiger partial charge in [-0.15, -0.1) is 0 Å². The highest BCUT2D eigenvalue weighted by atomic mass is 32.2. The predicted molar refractivity (Wildman–Crippen MR) is 137 cm³/mol. The van der Waals surface area contributed by atoms with E-state index in [1.807, 2.05) is 0 Å². The van der Waals surface area contributed by atoms with Crippen molar-refractivity contribution in [2.75, 3.05) is 29.9 Å². The van der Waals surface area contributed by atoms with Gasteiger partial charge in [0.1, 0.15) is 11.6 Å². The van der Waals surface area contributed by atoms with E-state index in [-0.39, 0.29) is 27.6 Å². The van der Waals surface area contributed by atoms with Crippen LogP contribution in [0.25, 0.3) is 0 Å². The lowest BCUT2D eigenvalue weighted by atomic mass is 9.93. The second-order valence-electron chi connectivity index (χ2n) is 11.2. The summed E-state index contributed by atoms with van der Waals surface area (Å²) in [4.78, 5) is 23.1. The topological polar surface area (TPSA) is 145 Å². The first-order chi connectivity index (χ1) is 18.0. The third-order valence-corrected chi connectivity index (χ3v) is 8.66. The Morgan fingerprint density at radius 1 is 1.05 bits per heavy atom. The van der Waals surface area contributed by atoms with Gasteiger partial charge in [0.2, 0.25) is 5.60 Å². The third-order valence-electron chi connectivity index (χ3n) is 7.00. The molecule has 1 aliphatic carbocycles. The van der Waals surface area contributed by atoms with Crippen molar-refractivity contribution < 1.29 is 36.6 Å². The lowest BCUT2D eigenvalue weighted by Gasteiger charge is -2.35. The molecule has 1 spiro atoms. The summed E-state index contributed by atoms with van der Waals surface area (Å²) in [5.41, 5.74) is -5.09. The zero-order valence-corrected chi connectivity index (χ0v) is 22.7. The number of sulfonamides is 1. The van der Waals surface area contributed by atoms with Crippen LogP contribution in [0.15, 0.2) is 35.4 Å². The van der Waals surface area contributed by atoms with Gasteiger partial charge in [0.05, 0.1) is 17.9 Å². The van der Waals surface area contributed by atoms with Crippen molar-refractivity contribution in [3.63, 3.8) is 0 Å². The molecule has 0 radical (unpaired) electrons. The van der Waals surface area contributed by atoms with Gasteiger partial charge < -0.3 is 20.4 Å². The molecule has 3 heterocycles. The molecule has 1 amide bonds. The Hall–Kier alpha value is -2.81. The van der Waals surface area contributed by atoms with Crippen LogP contribution in [-0.2, 0) is 15.6 Å². The van der Waals surface area contributed by atoms with Crippen LogP contribution >= 0.6 is 0 Å². The highest BCUT2D eigenvalue weighted by Crippen LogP contribution is 2.54. The molecule has 214 valence electrons. The fourth-order valence-corrected chi connectivity index (χ4v) is 5.94. The summed E-state index contributed by atoms with van der Waals surface area (Å²) in [5.74, 6) is -0.944. The standard InChI is InChI=1S/C25H32F3N5O5S/c1-22(2,3)32-39(37,38)19-6-4-5-18(30-19)31-21(35)16-7-8-17(24(36,15-34)25(26,27)28)29-20(16)33-13-11-23(9-10-23)12-14-33/h4-8,32,34,36H,9-15H2,1-3H3,(H,30,31,35)/t24-/m0/s1. The number of pyridine rings is 2. The van der Waals surface area contributed by atoms with E-state index >= 15 is 0 Å². The molecule has 1 aliphatic heterocycles. The van der Waals surface area contributed by atoms with Crippen molar-refractivity contribution in [1.82, 2.24) is 14.7 Å². The first-order valence-corrected chi connectivity index (χ1v) is 14.0. The molecular formula is C25H32F3N5O5S. The molecule has 0 bridgehead atoms. The lowest BCUT2D eigenvalue weighted by molar-refractivity contribution is -0.279. The molecule has 10 nitrogen and oxygen atoms in total. The molecular weight excluding hydrogens is 539 g/mol. The normalized spacial score (nSPS) is 19.0. The molecule has 2 aromatic rings. The zero-order valence-electron chi connectivity index (χ0n) is 21.8. The molecule has 2 fully saturated rings. The number of hydrogen-bond donors (Lipinski definition) is 4. The molecule has 1 saturated carbocycles. The van der Waals surface area contributed by atoms with Gasteiger partial charge in [-0.1, -0.05) is 6.07 Å². The van der Waals surface area contributed by atoms with Gasteiger partial charge in [-0.2, -0.15) is 13.2 Å². The van der Waals surface area contributed by atoms with Crippen LogP contribution < -0.4 is 14.9 Å². The molecule has 0 unspecified atom stereocenters. The Morgan fingerprint density at radius 2 is 1.69 bits per heavy atom. The fourth-order valence-electron chi connectivity index (χ4n) is 4.56. The summed E-state index contributed by atoms with van der Waals surface area (Å²) in [7, 11) is -4.00.